The van der Waals surface area contributed by atoms with Crippen molar-refractivity contribution in [2.75, 3.05) is 0 Å². The van der Waals surface area contributed by atoms with Crippen LogP contribution in [0.5, 0.6) is 0 Å². The Balaban J connectivity index is 1.61. The normalized spacial score (nSPS) is 11.4. The maximum atomic E-state index is 5.90. The van der Waals surface area contributed by atoms with Crippen molar-refractivity contribution in [3.63, 3.8) is 0 Å². The Hall–Kier alpha value is -3.33. The second-order valence-electron chi connectivity index (χ2n) is 6.27. The van der Waals surface area contributed by atoms with Gasteiger partial charge in [0.25, 0.3) is 0 Å². The Bertz CT molecular complexity index is 1200. The van der Waals surface area contributed by atoms with Crippen LogP contribution in [0.2, 0.25) is 0 Å². The number of aromatic nitrogens is 2. The van der Waals surface area contributed by atoms with E-state index in [0.717, 1.165) is 22.2 Å². The van der Waals surface area contributed by atoms with Gasteiger partial charge in [0.15, 0.2) is 5.58 Å². The lowest BCUT2D eigenvalue weighted by molar-refractivity contribution is 0.620. The second kappa shape index (κ2) is 5.35. The Morgan fingerprint density at radius 3 is 2.48 bits per heavy atom. The summed E-state index contributed by atoms with van der Waals surface area (Å²) in [5.41, 5.74) is 6.24. The summed E-state index contributed by atoms with van der Waals surface area (Å²) in [5.74, 6) is 0.659. The molecule has 0 saturated carbocycles. The summed E-state index contributed by atoms with van der Waals surface area (Å²) in [6.07, 6.45) is 2.08. The summed E-state index contributed by atoms with van der Waals surface area (Å²) in [7, 11) is 2.06. The zero-order chi connectivity index (χ0) is 16.8. The molecule has 120 valence electrons. The number of aryl methyl sites for hydroxylation is 1. The molecule has 0 radical (unpaired) electrons. The van der Waals surface area contributed by atoms with Gasteiger partial charge in [-0.25, -0.2) is 4.98 Å². The first-order valence-corrected chi connectivity index (χ1v) is 8.29. The molecule has 0 fully saturated rings. The first-order chi connectivity index (χ1) is 12.3. The maximum absolute atomic E-state index is 5.90. The number of fused-ring (bicyclic) bond motifs is 2. The molecule has 0 aliphatic carbocycles. The Morgan fingerprint density at radius 1 is 0.800 bits per heavy atom. The SMILES string of the molecule is Cn1ccc2cc(-c3ccc4oc(-c5ccccc5)nc4c3)ccc21. The van der Waals surface area contributed by atoms with E-state index in [1.54, 1.807) is 0 Å². The predicted octanol–water partition coefficient (Wildman–Crippen LogP) is 5.65. The van der Waals surface area contributed by atoms with Crippen LogP contribution in [0, 0.1) is 0 Å². The smallest absolute Gasteiger partial charge is 0.227 e. The molecular formula is C22H16N2O. The molecule has 0 N–H and O–H groups in total. The third kappa shape index (κ3) is 2.32. The minimum absolute atomic E-state index is 0.659. The van der Waals surface area contributed by atoms with Crippen molar-refractivity contribution in [1.82, 2.24) is 9.55 Å². The quantitative estimate of drug-likeness (QED) is 0.420. The van der Waals surface area contributed by atoms with E-state index < -0.39 is 0 Å². The van der Waals surface area contributed by atoms with Crippen molar-refractivity contribution < 1.29 is 4.42 Å². The minimum atomic E-state index is 0.659. The molecule has 3 heteroatoms. The fourth-order valence-electron chi connectivity index (χ4n) is 3.27. The number of hydrogen-bond acceptors (Lipinski definition) is 2. The molecule has 3 aromatic carbocycles. The molecule has 0 unspecified atom stereocenters. The average molecular weight is 324 g/mol. The lowest BCUT2D eigenvalue weighted by Crippen LogP contribution is -1.84. The van der Waals surface area contributed by atoms with E-state index in [0.29, 0.717) is 5.89 Å². The van der Waals surface area contributed by atoms with Crippen LogP contribution in [0.3, 0.4) is 0 Å². The Kier molecular flexibility index (Phi) is 3.01. The van der Waals surface area contributed by atoms with Crippen LogP contribution >= 0.6 is 0 Å². The van der Waals surface area contributed by atoms with Gasteiger partial charge in [0.2, 0.25) is 5.89 Å². The molecule has 2 heterocycles. The fourth-order valence-corrected chi connectivity index (χ4v) is 3.27. The predicted molar refractivity (Wildman–Crippen MR) is 101 cm³/mol. The van der Waals surface area contributed by atoms with Gasteiger partial charge in [0.05, 0.1) is 0 Å². The Labute approximate surface area is 145 Å². The summed E-state index contributed by atoms with van der Waals surface area (Å²) >= 11 is 0. The molecule has 0 saturated heterocycles. The van der Waals surface area contributed by atoms with E-state index in [9.17, 15) is 0 Å². The highest BCUT2D eigenvalue weighted by Crippen LogP contribution is 2.30. The lowest BCUT2D eigenvalue weighted by atomic mass is 10.0. The van der Waals surface area contributed by atoms with Crippen LogP contribution in [0.15, 0.2) is 83.4 Å². The monoisotopic (exact) mass is 324 g/mol. The Morgan fingerprint density at radius 2 is 1.60 bits per heavy atom. The number of nitrogens with zero attached hydrogens (tertiary/aromatic N) is 2. The third-order valence-electron chi connectivity index (χ3n) is 4.63. The van der Waals surface area contributed by atoms with Gasteiger partial charge in [-0.2, -0.15) is 0 Å². The fraction of sp³-hybridized carbons (Fsp3) is 0.0455. The maximum Gasteiger partial charge on any atom is 0.227 e. The van der Waals surface area contributed by atoms with E-state index in [2.05, 4.69) is 59.2 Å². The molecule has 5 aromatic rings. The van der Waals surface area contributed by atoms with E-state index in [4.69, 9.17) is 4.42 Å². The molecule has 2 aromatic heterocycles. The zero-order valence-corrected chi connectivity index (χ0v) is 13.8. The summed E-state index contributed by atoms with van der Waals surface area (Å²) < 4.78 is 8.04. The lowest BCUT2D eigenvalue weighted by Gasteiger charge is -2.03. The average Bonchev–Trinajstić information content (AvgIpc) is 3.25. The topological polar surface area (TPSA) is 31.0 Å². The van der Waals surface area contributed by atoms with Crippen molar-refractivity contribution in [3.8, 4) is 22.6 Å². The third-order valence-corrected chi connectivity index (χ3v) is 4.63. The molecule has 25 heavy (non-hydrogen) atoms. The van der Waals surface area contributed by atoms with E-state index in [1.807, 2.05) is 36.4 Å². The van der Waals surface area contributed by atoms with E-state index >= 15 is 0 Å². The van der Waals surface area contributed by atoms with Crippen LogP contribution in [-0.4, -0.2) is 9.55 Å². The largest absolute Gasteiger partial charge is 0.436 e. The highest BCUT2D eigenvalue weighted by atomic mass is 16.3. The molecule has 0 amide bonds. The van der Waals surface area contributed by atoms with Crippen LogP contribution in [0.1, 0.15) is 0 Å². The van der Waals surface area contributed by atoms with Crippen LogP contribution in [0.25, 0.3) is 44.6 Å². The zero-order valence-electron chi connectivity index (χ0n) is 13.8. The summed E-state index contributed by atoms with van der Waals surface area (Å²) in [4.78, 5) is 4.66. The standard InChI is InChI=1S/C22H16N2O/c1-24-12-11-18-13-16(7-9-20(18)24)17-8-10-21-19(14-17)23-22(25-21)15-5-3-2-4-6-15/h2-14H,1H3. The van der Waals surface area contributed by atoms with Crippen LogP contribution < -0.4 is 0 Å². The van der Waals surface area contributed by atoms with Gasteiger partial charge < -0.3 is 8.98 Å². The minimum Gasteiger partial charge on any atom is -0.436 e. The van der Waals surface area contributed by atoms with Gasteiger partial charge in [-0.3, -0.25) is 0 Å². The van der Waals surface area contributed by atoms with Gasteiger partial charge in [-0.15, -0.1) is 0 Å². The highest BCUT2D eigenvalue weighted by Gasteiger charge is 2.09. The molecule has 0 bridgehead atoms. The van der Waals surface area contributed by atoms with Crippen LogP contribution in [-0.2, 0) is 7.05 Å². The molecule has 5 rings (SSSR count). The molecule has 0 atom stereocenters. The second-order valence-corrected chi connectivity index (χ2v) is 6.27. The first kappa shape index (κ1) is 14.1. The van der Waals surface area contributed by atoms with Crippen molar-refractivity contribution in [1.29, 1.82) is 0 Å². The number of benzene rings is 3. The number of hydrogen-bond donors (Lipinski definition) is 0. The van der Waals surface area contributed by atoms with Crippen molar-refractivity contribution in [2.24, 2.45) is 7.05 Å². The van der Waals surface area contributed by atoms with Gasteiger partial charge in [-0.05, 0) is 53.6 Å². The first-order valence-electron chi connectivity index (χ1n) is 8.29. The van der Waals surface area contributed by atoms with Crippen molar-refractivity contribution in [2.45, 2.75) is 0 Å². The number of rotatable bonds is 2. The van der Waals surface area contributed by atoms with Crippen molar-refractivity contribution >= 4 is 22.0 Å². The molecule has 0 aliphatic heterocycles. The van der Waals surface area contributed by atoms with E-state index in [-0.39, 0.29) is 0 Å². The van der Waals surface area contributed by atoms with Gasteiger partial charge in [0, 0.05) is 29.7 Å². The van der Waals surface area contributed by atoms with Crippen LogP contribution in [0.4, 0.5) is 0 Å². The molecule has 3 nitrogen and oxygen atoms in total. The number of oxazole rings is 1. The molecule has 0 spiro atoms. The molecular weight excluding hydrogens is 308 g/mol. The van der Waals surface area contributed by atoms with Gasteiger partial charge in [0.1, 0.15) is 5.52 Å². The van der Waals surface area contributed by atoms with Gasteiger partial charge >= 0.3 is 0 Å². The van der Waals surface area contributed by atoms with E-state index in [1.165, 1.54) is 16.5 Å². The van der Waals surface area contributed by atoms with Crippen molar-refractivity contribution in [3.05, 3.63) is 79.0 Å². The molecule has 0 aliphatic rings. The summed E-state index contributed by atoms with van der Waals surface area (Å²) in [6, 6.07) is 24.8. The summed E-state index contributed by atoms with van der Waals surface area (Å²) in [5, 5.41) is 1.24. The van der Waals surface area contributed by atoms with Gasteiger partial charge in [-0.1, -0.05) is 30.3 Å². The summed E-state index contributed by atoms with van der Waals surface area (Å²) in [6.45, 7) is 0. The highest BCUT2D eigenvalue weighted by molar-refractivity contribution is 5.88.